The zero-order valence-electron chi connectivity index (χ0n) is 17.3. The summed E-state index contributed by atoms with van der Waals surface area (Å²) >= 11 is 0. The van der Waals surface area contributed by atoms with E-state index < -0.39 is 6.04 Å². The summed E-state index contributed by atoms with van der Waals surface area (Å²) in [6.07, 6.45) is 7.07. The van der Waals surface area contributed by atoms with Crippen molar-refractivity contribution in [2.75, 3.05) is 0 Å². The number of aryl methyl sites for hydroxylation is 1. The lowest BCUT2D eigenvalue weighted by Crippen LogP contribution is -2.37. The van der Waals surface area contributed by atoms with Crippen molar-refractivity contribution in [3.8, 4) is 0 Å². The largest absolute Gasteiger partial charge is 0.461 e. The van der Waals surface area contributed by atoms with Gasteiger partial charge in [-0.3, -0.25) is 4.79 Å². The van der Waals surface area contributed by atoms with Crippen molar-refractivity contribution in [2.24, 2.45) is 17.6 Å². The van der Waals surface area contributed by atoms with Crippen LogP contribution in [0, 0.1) is 11.8 Å². The van der Waals surface area contributed by atoms with E-state index in [1.165, 1.54) is 11.1 Å². The molecule has 1 saturated heterocycles. The van der Waals surface area contributed by atoms with Gasteiger partial charge in [-0.1, -0.05) is 67.1 Å². The molecule has 2 aromatic rings. The summed E-state index contributed by atoms with van der Waals surface area (Å²) in [6, 6.07) is 20.8. The fourth-order valence-electron chi connectivity index (χ4n) is 4.46. The summed E-state index contributed by atoms with van der Waals surface area (Å²) in [4.78, 5) is 12.3. The number of benzene rings is 2. The van der Waals surface area contributed by atoms with Gasteiger partial charge in [-0.05, 0) is 62.5 Å². The van der Waals surface area contributed by atoms with Crippen molar-refractivity contribution in [3.63, 3.8) is 0 Å². The predicted octanol–water partition coefficient (Wildman–Crippen LogP) is 5.35. The van der Waals surface area contributed by atoms with Crippen LogP contribution in [-0.2, 0) is 22.4 Å². The first kappa shape index (κ1) is 23.4. The third kappa shape index (κ3) is 7.17. The lowest BCUT2D eigenvalue weighted by atomic mass is 9.77. The standard InChI is InChI=1S/C25H33NO2.ClH/c1-19-23(18-21-12-6-3-7-13-21)22(16-9-17-24(26)25(27)28-19)15-8-14-20-10-4-2-5-11-20;/h2-7,10-13,19,22-24H,8-9,14-18,26H2,1H3;1H/t19-,22-,23-,24-;/m0./s1. The zero-order valence-corrected chi connectivity index (χ0v) is 18.2. The number of cyclic esters (lactones) is 1. The molecule has 0 aliphatic carbocycles. The molecule has 1 aliphatic heterocycles. The highest BCUT2D eigenvalue weighted by Gasteiger charge is 2.32. The Morgan fingerprint density at radius 2 is 1.59 bits per heavy atom. The molecule has 0 unspecified atom stereocenters. The predicted molar refractivity (Wildman–Crippen MR) is 121 cm³/mol. The number of ether oxygens (including phenoxy) is 1. The van der Waals surface area contributed by atoms with Gasteiger partial charge in [-0.15, -0.1) is 12.4 Å². The second-order valence-electron chi connectivity index (χ2n) is 8.17. The SMILES string of the molecule is C[C@@H]1OC(=O)[C@@H](N)CCC[C@H](CCCc2ccccc2)[C@H]1Cc1ccccc1.Cl. The van der Waals surface area contributed by atoms with Crippen LogP contribution in [0.3, 0.4) is 0 Å². The minimum absolute atomic E-state index is 0. The summed E-state index contributed by atoms with van der Waals surface area (Å²) < 4.78 is 5.80. The second-order valence-corrected chi connectivity index (χ2v) is 8.17. The smallest absolute Gasteiger partial charge is 0.323 e. The first-order valence-electron chi connectivity index (χ1n) is 10.7. The Kier molecular flexibility index (Phi) is 9.69. The fraction of sp³-hybridized carbons (Fsp3) is 0.480. The third-order valence-electron chi connectivity index (χ3n) is 6.10. The number of nitrogens with two attached hydrogens (primary N) is 1. The summed E-state index contributed by atoms with van der Waals surface area (Å²) in [5.41, 5.74) is 8.73. The molecule has 29 heavy (non-hydrogen) atoms. The highest BCUT2D eigenvalue weighted by Crippen LogP contribution is 2.33. The first-order valence-corrected chi connectivity index (χ1v) is 10.7. The van der Waals surface area contributed by atoms with Crippen molar-refractivity contribution in [3.05, 3.63) is 71.8 Å². The van der Waals surface area contributed by atoms with Crippen LogP contribution >= 0.6 is 12.4 Å². The molecule has 2 aromatic carbocycles. The lowest BCUT2D eigenvalue weighted by molar-refractivity contribution is -0.153. The molecule has 1 fully saturated rings. The molecular formula is C25H34ClNO2. The average Bonchev–Trinajstić information content (AvgIpc) is 2.76. The van der Waals surface area contributed by atoms with E-state index in [0.29, 0.717) is 11.8 Å². The van der Waals surface area contributed by atoms with E-state index in [1.54, 1.807) is 0 Å². The highest BCUT2D eigenvalue weighted by molar-refractivity contribution is 5.85. The number of carbonyl (C=O) groups is 1. The van der Waals surface area contributed by atoms with Crippen molar-refractivity contribution >= 4 is 18.4 Å². The molecular weight excluding hydrogens is 382 g/mol. The minimum Gasteiger partial charge on any atom is -0.461 e. The Labute approximate surface area is 181 Å². The van der Waals surface area contributed by atoms with E-state index >= 15 is 0 Å². The molecule has 0 saturated carbocycles. The van der Waals surface area contributed by atoms with E-state index in [9.17, 15) is 4.79 Å². The molecule has 0 bridgehead atoms. The molecule has 0 aromatic heterocycles. The summed E-state index contributed by atoms with van der Waals surface area (Å²) in [5.74, 6) is 0.625. The van der Waals surface area contributed by atoms with Gasteiger partial charge in [0, 0.05) is 5.92 Å². The van der Waals surface area contributed by atoms with Crippen LogP contribution in [0.25, 0.3) is 0 Å². The van der Waals surface area contributed by atoms with Crippen molar-refractivity contribution < 1.29 is 9.53 Å². The number of carbonyl (C=O) groups excluding carboxylic acids is 1. The van der Waals surface area contributed by atoms with E-state index in [-0.39, 0.29) is 24.5 Å². The van der Waals surface area contributed by atoms with Gasteiger partial charge in [-0.2, -0.15) is 0 Å². The zero-order chi connectivity index (χ0) is 19.8. The fourth-order valence-corrected chi connectivity index (χ4v) is 4.46. The van der Waals surface area contributed by atoms with Crippen LogP contribution in [0.4, 0.5) is 0 Å². The van der Waals surface area contributed by atoms with Gasteiger partial charge in [0.05, 0.1) is 0 Å². The molecule has 4 heteroatoms. The van der Waals surface area contributed by atoms with Gasteiger partial charge in [0.2, 0.25) is 0 Å². The summed E-state index contributed by atoms with van der Waals surface area (Å²) in [5, 5.41) is 0. The summed E-state index contributed by atoms with van der Waals surface area (Å²) in [7, 11) is 0. The first-order chi connectivity index (χ1) is 13.6. The minimum atomic E-state index is -0.483. The maximum absolute atomic E-state index is 12.3. The monoisotopic (exact) mass is 415 g/mol. The maximum Gasteiger partial charge on any atom is 0.323 e. The quantitative estimate of drug-likeness (QED) is 0.647. The van der Waals surface area contributed by atoms with E-state index in [4.69, 9.17) is 10.5 Å². The molecule has 0 radical (unpaired) electrons. The second kappa shape index (κ2) is 12.0. The van der Waals surface area contributed by atoms with Gasteiger partial charge < -0.3 is 10.5 Å². The third-order valence-corrected chi connectivity index (χ3v) is 6.10. The average molecular weight is 416 g/mol. The van der Waals surface area contributed by atoms with Crippen molar-refractivity contribution in [1.82, 2.24) is 0 Å². The molecule has 3 nitrogen and oxygen atoms in total. The molecule has 1 aliphatic rings. The van der Waals surface area contributed by atoms with Gasteiger partial charge in [0.1, 0.15) is 12.1 Å². The topological polar surface area (TPSA) is 52.3 Å². The van der Waals surface area contributed by atoms with Crippen LogP contribution in [-0.4, -0.2) is 18.1 Å². The van der Waals surface area contributed by atoms with E-state index in [1.807, 2.05) is 13.0 Å². The van der Waals surface area contributed by atoms with Crippen molar-refractivity contribution in [2.45, 2.75) is 64.0 Å². The van der Waals surface area contributed by atoms with Crippen LogP contribution in [0.5, 0.6) is 0 Å². The Morgan fingerprint density at radius 3 is 2.24 bits per heavy atom. The van der Waals surface area contributed by atoms with E-state index in [0.717, 1.165) is 44.9 Å². The van der Waals surface area contributed by atoms with Crippen LogP contribution in [0.1, 0.15) is 50.2 Å². The molecule has 2 N–H and O–H groups in total. The lowest BCUT2D eigenvalue weighted by Gasteiger charge is -2.31. The molecule has 0 amide bonds. The van der Waals surface area contributed by atoms with Gasteiger partial charge >= 0.3 is 5.97 Å². The number of rotatable bonds is 6. The number of hydrogen-bond acceptors (Lipinski definition) is 3. The van der Waals surface area contributed by atoms with Gasteiger partial charge in [0.15, 0.2) is 0 Å². The Bertz CT molecular complexity index is 722. The number of hydrogen-bond donors (Lipinski definition) is 1. The highest BCUT2D eigenvalue weighted by atomic mass is 35.5. The van der Waals surface area contributed by atoms with Crippen LogP contribution < -0.4 is 5.73 Å². The number of halogens is 1. The molecule has 158 valence electrons. The van der Waals surface area contributed by atoms with Gasteiger partial charge in [0.25, 0.3) is 0 Å². The number of esters is 1. The molecule has 0 spiro atoms. The Hall–Kier alpha value is -1.84. The maximum atomic E-state index is 12.3. The van der Waals surface area contributed by atoms with Crippen LogP contribution in [0.2, 0.25) is 0 Å². The Morgan fingerprint density at radius 1 is 0.966 bits per heavy atom. The summed E-state index contributed by atoms with van der Waals surface area (Å²) in [6.45, 7) is 2.05. The normalized spacial score (nSPS) is 25.1. The van der Waals surface area contributed by atoms with E-state index in [2.05, 4.69) is 54.6 Å². The molecule has 3 rings (SSSR count). The Balaban J connectivity index is 0.00000300. The van der Waals surface area contributed by atoms with Crippen molar-refractivity contribution in [1.29, 1.82) is 0 Å². The molecule has 1 heterocycles. The van der Waals surface area contributed by atoms with Crippen LogP contribution in [0.15, 0.2) is 60.7 Å². The van der Waals surface area contributed by atoms with Gasteiger partial charge in [-0.25, -0.2) is 0 Å². The molecule has 4 atom stereocenters.